The minimum absolute atomic E-state index is 0.115. The van der Waals surface area contributed by atoms with Gasteiger partial charge < -0.3 is 20.8 Å². The van der Waals surface area contributed by atoms with E-state index in [1.54, 1.807) is 11.8 Å². The van der Waals surface area contributed by atoms with Gasteiger partial charge in [0.2, 0.25) is 12.3 Å². The van der Waals surface area contributed by atoms with E-state index in [9.17, 15) is 19.8 Å². The first-order valence-corrected chi connectivity index (χ1v) is 9.81. The second kappa shape index (κ2) is 9.27. The van der Waals surface area contributed by atoms with Crippen molar-refractivity contribution in [2.24, 2.45) is 5.73 Å². The van der Waals surface area contributed by atoms with Crippen LogP contribution in [0.5, 0.6) is 0 Å². The first-order chi connectivity index (χ1) is 14.0. The molecule has 1 aliphatic rings. The van der Waals surface area contributed by atoms with Crippen LogP contribution in [0, 0.1) is 5.41 Å². The van der Waals surface area contributed by atoms with Crippen LogP contribution < -0.4 is 5.73 Å². The Morgan fingerprint density at radius 1 is 1.20 bits per heavy atom. The summed E-state index contributed by atoms with van der Waals surface area (Å²) in [5.74, 6) is -1.81. The Kier molecular flexibility index (Phi) is 7.22. The van der Waals surface area contributed by atoms with Crippen molar-refractivity contribution < 1.29 is 19.8 Å². The van der Waals surface area contributed by atoms with Crippen molar-refractivity contribution in [3.63, 3.8) is 0 Å². The Bertz CT molecular complexity index is 832. The number of hydrogen-bond acceptors (Lipinski definition) is 6. The zero-order valence-electron chi connectivity index (χ0n) is 17.9. The normalized spacial score (nSPS) is 19.5. The maximum Gasteiger partial charge on any atom is 0.264 e. The zero-order valence-corrected chi connectivity index (χ0v) is 17.9. The minimum Gasteiger partial charge on any atom is -0.510 e. The van der Waals surface area contributed by atoms with Crippen LogP contribution in [0.15, 0.2) is 41.7 Å². The molecule has 0 bridgehead atoms. The highest BCUT2D eigenvalue weighted by molar-refractivity contribution is 6.21. The smallest absolute Gasteiger partial charge is 0.264 e. The lowest BCUT2D eigenvalue weighted by atomic mass is 10.0. The molecule has 0 spiro atoms. The van der Waals surface area contributed by atoms with E-state index in [1.807, 2.05) is 51.1 Å². The standard InChI is InChI=1S/C21H31N5O4/c1-5-25-19(29)17(15(27)12-24(13-16(22)28)21(2,3)4)18(23)26(20(25)30)11-14-9-7-6-8-10-14/h6-10,20,23,27,30H,5,11-13H2,1-4H3,(H2,22,28). The topological polar surface area (TPSA) is 134 Å². The molecule has 1 atom stereocenters. The molecule has 164 valence electrons. The second-order valence-electron chi connectivity index (χ2n) is 8.21. The van der Waals surface area contributed by atoms with Crippen molar-refractivity contribution in [1.29, 1.82) is 5.41 Å². The molecule has 1 saturated heterocycles. The average molecular weight is 418 g/mol. The Labute approximate surface area is 176 Å². The van der Waals surface area contributed by atoms with Crippen LogP contribution in [0.3, 0.4) is 0 Å². The average Bonchev–Trinajstić information content (AvgIpc) is 2.65. The lowest BCUT2D eigenvalue weighted by Gasteiger charge is -2.43. The monoisotopic (exact) mass is 417 g/mol. The number of carbonyl (C=O) groups excluding carboxylic acids is 2. The molecule has 0 aliphatic carbocycles. The van der Waals surface area contributed by atoms with Crippen LogP contribution in [0.1, 0.15) is 33.3 Å². The number of amides is 2. The second-order valence-corrected chi connectivity index (χ2v) is 8.21. The number of aliphatic hydroxyl groups is 2. The van der Waals surface area contributed by atoms with Gasteiger partial charge in [-0.05, 0) is 33.3 Å². The van der Waals surface area contributed by atoms with Crippen molar-refractivity contribution in [2.75, 3.05) is 19.6 Å². The van der Waals surface area contributed by atoms with Crippen LogP contribution in [0.4, 0.5) is 0 Å². The van der Waals surface area contributed by atoms with Gasteiger partial charge in [-0.15, -0.1) is 0 Å². The SMILES string of the molecule is CCN1C(=O)C(=C(O)CN(CC(N)=O)C(C)(C)C)C(=N)N(Cc2ccccc2)C1O. The fourth-order valence-corrected chi connectivity index (χ4v) is 3.26. The van der Waals surface area contributed by atoms with Crippen LogP contribution in [0.25, 0.3) is 0 Å². The lowest BCUT2D eigenvalue weighted by Crippen LogP contribution is -2.59. The van der Waals surface area contributed by atoms with E-state index >= 15 is 0 Å². The van der Waals surface area contributed by atoms with Gasteiger partial charge in [0.1, 0.15) is 17.2 Å². The molecule has 9 heteroatoms. The van der Waals surface area contributed by atoms with Crippen molar-refractivity contribution in [3.05, 3.63) is 47.2 Å². The number of aliphatic hydroxyl groups excluding tert-OH is 2. The number of nitrogens with zero attached hydrogens (tertiary/aromatic N) is 3. The molecule has 1 unspecified atom stereocenters. The summed E-state index contributed by atoms with van der Waals surface area (Å²) in [5.41, 5.74) is 5.46. The molecule has 2 rings (SSSR count). The van der Waals surface area contributed by atoms with Crippen molar-refractivity contribution in [1.82, 2.24) is 14.7 Å². The van der Waals surface area contributed by atoms with Gasteiger partial charge in [0, 0.05) is 18.6 Å². The van der Waals surface area contributed by atoms with Crippen LogP contribution in [-0.2, 0) is 16.1 Å². The van der Waals surface area contributed by atoms with Crippen LogP contribution >= 0.6 is 0 Å². The molecule has 1 heterocycles. The predicted octanol–water partition coefficient (Wildman–Crippen LogP) is 1.00. The van der Waals surface area contributed by atoms with E-state index in [1.165, 1.54) is 9.80 Å². The summed E-state index contributed by atoms with van der Waals surface area (Å²) in [6, 6.07) is 9.25. The first kappa shape index (κ1) is 23.4. The number of rotatable bonds is 7. The zero-order chi connectivity index (χ0) is 22.6. The van der Waals surface area contributed by atoms with E-state index in [-0.39, 0.29) is 43.3 Å². The van der Waals surface area contributed by atoms with Crippen LogP contribution in [-0.4, -0.2) is 74.1 Å². The van der Waals surface area contributed by atoms with Gasteiger partial charge in [-0.2, -0.15) is 0 Å². The van der Waals surface area contributed by atoms with E-state index in [2.05, 4.69) is 0 Å². The number of benzene rings is 1. The number of amidine groups is 1. The third kappa shape index (κ3) is 5.17. The van der Waals surface area contributed by atoms with E-state index < -0.39 is 23.7 Å². The number of hydrogen-bond donors (Lipinski definition) is 4. The summed E-state index contributed by atoms with van der Waals surface area (Å²) in [5, 5.41) is 30.0. The highest BCUT2D eigenvalue weighted by Gasteiger charge is 2.41. The lowest BCUT2D eigenvalue weighted by molar-refractivity contribution is -0.151. The highest BCUT2D eigenvalue weighted by Crippen LogP contribution is 2.25. The maximum absolute atomic E-state index is 12.9. The van der Waals surface area contributed by atoms with Crippen molar-refractivity contribution >= 4 is 17.6 Å². The fourth-order valence-electron chi connectivity index (χ4n) is 3.26. The largest absolute Gasteiger partial charge is 0.510 e. The first-order valence-electron chi connectivity index (χ1n) is 9.81. The van der Waals surface area contributed by atoms with Gasteiger partial charge in [-0.25, -0.2) is 0 Å². The Morgan fingerprint density at radius 3 is 2.30 bits per heavy atom. The molecular weight excluding hydrogens is 386 g/mol. The molecule has 1 aliphatic heterocycles. The molecule has 1 aromatic carbocycles. The molecule has 5 N–H and O–H groups in total. The van der Waals surface area contributed by atoms with Gasteiger partial charge in [0.05, 0.1) is 13.1 Å². The summed E-state index contributed by atoms with van der Waals surface area (Å²) in [7, 11) is 0. The number of likely N-dealkylation sites (N-methyl/N-ethyl adjacent to an activating group) is 1. The maximum atomic E-state index is 12.9. The molecule has 30 heavy (non-hydrogen) atoms. The molecule has 0 aromatic heterocycles. The van der Waals surface area contributed by atoms with Gasteiger partial charge >= 0.3 is 0 Å². The van der Waals surface area contributed by atoms with E-state index in [0.29, 0.717) is 0 Å². The number of carbonyl (C=O) groups is 2. The quantitative estimate of drug-likeness (QED) is 0.386. The van der Waals surface area contributed by atoms with E-state index in [4.69, 9.17) is 11.1 Å². The Balaban J connectivity index is 2.43. The van der Waals surface area contributed by atoms with Gasteiger partial charge in [-0.1, -0.05) is 30.3 Å². The molecule has 1 aromatic rings. The number of nitrogens with one attached hydrogen (secondary N) is 1. The molecule has 1 fully saturated rings. The van der Waals surface area contributed by atoms with Gasteiger partial charge in [0.25, 0.3) is 5.91 Å². The summed E-state index contributed by atoms with van der Waals surface area (Å²) in [6.07, 6.45) is -1.32. The Hall–Kier alpha value is -2.91. The molecule has 0 saturated carbocycles. The fraction of sp³-hybridized carbons (Fsp3) is 0.476. The van der Waals surface area contributed by atoms with E-state index in [0.717, 1.165) is 5.56 Å². The summed E-state index contributed by atoms with van der Waals surface area (Å²) >= 11 is 0. The number of nitrogens with two attached hydrogens (primary N) is 1. The molecular formula is C21H31N5O4. The summed E-state index contributed by atoms with van der Waals surface area (Å²) in [6.45, 7) is 7.40. The molecule has 2 amide bonds. The Morgan fingerprint density at radius 2 is 1.80 bits per heavy atom. The van der Waals surface area contributed by atoms with Crippen molar-refractivity contribution in [3.8, 4) is 0 Å². The highest BCUT2D eigenvalue weighted by atomic mass is 16.3. The van der Waals surface area contributed by atoms with Gasteiger partial charge in [-0.3, -0.25) is 24.8 Å². The molecule has 9 nitrogen and oxygen atoms in total. The number of primary amides is 1. The van der Waals surface area contributed by atoms with Gasteiger partial charge in [0.15, 0.2) is 0 Å². The molecule has 0 radical (unpaired) electrons. The predicted molar refractivity (Wildman–Crippen MR) is 113 cm³/mol. The van der Waals surface area contributed by atoms with Crippen molar-refractivity contribution in [2.45, 2.75) is 46.1 Å². The third-order valence-corrected chi connectivity index (χ3v) is 5.02. The third-order valence-electron chi connectivity index (χ3n) is 5.02. The summed E-state index contributed by atoms with van der Waals surface area (Å²) < 4.78 is 0. The van der Waals surface area contributed by atoms with Crippen LogP contribution in [0.2, 0.25) is 0 Å². The summed E-state index contributed by atoms with van der Waals surface area (Å²) in [4.78, 5) is 28.6. The minimum atomic E-state index is -1.32.